The Labute approximate surface area is 104 Å². The van der Waals surface area contributed by atoms with Crippen molar-refractivity contribution in [2.24, 2.45) is 0 Å². The first-order valence-corrected chi connectivity index (χ1v) is 5.71. The van der Waals surface area contributed by atoms with E-state index < -0.39 is 0 Å². The first kappa shape index (κ1) is 13.0. The summed E-state index contributed by atoms with van der Waals surface area (Å²) in [4.78, 5) is 13.7. The van der Waals surface area contributed by atoms with Crippen LogP contribution in [0.1, 0.15) is 16.2 Å². The van der Waals surface area contributed by atoms with Crippen LogP contribution in [0.2, 0.25) is 0 Å². The molecule has 2 rings (SSSR count). The molecule has 0 aromatic carbocycles. The maximum absolute atomic E-state index is 12.1. The molecule has 100 valence electrons. The van der Waals surface area contributed by atoms with Crippen molar-refractivity contribution in [3.63, 3.8) is 0 Å². The van der Waals surface area contributed by atoms with Crippen molar-refractivity contribution < 1.29 is 23.9 Å². The second-order valence-electron chi connectivity index (χ2n) is 4.04. The van der Waals surface area contributed by atoms with Gasteiger partial charge in [0.05, 0.1) is 19.3 Å². The van der Waals surface area contributed by atoms with Gasteiger partial charge in [0, 0.05) is 26.3 Å². The summed E-state index contributed by atoms with van der Waals surface area (Å²) >= 11 is 0. The molecule has 2 heterocycles. The molecule has 0 saturated carbocycles. The molecule has 1 fully saturated rings. The lowest BCUT2D eigenvalue weighted by atomic mass is 10.2. The van der Waals surface area contributed by atoms with Gasteiger partial charge in [-0.15, -0.1) is 0 Å². The molecular formula is C11H16N2O5. The summed E-state index contributed by atoms with van der Waals surface area (Å²) in [6.45, 7) is 1.45. The van der Waals surface area contributed by atoms with Crippen molar-refractivity contribution in [3.05, 3.63) is 17.5 Å². The zero-order valence-electron chi connectivity index (χ0n) is 10.2. The van der Waals surface area contributed by atoms with E-state index in [4.69, 9.17) is 19.1 Å². The molecule has 1 amide bonds. The minimum Gasteiger partial charge on any atom is -0.394 e. The number of nitrogens with zero attached hydrogens (tertiary/aromatic N) is 2. The number of aromatic nitrogens is 1. The van der Waals surface area contributed by atoms with Gasteiger partial charge >= 0.3 is 0 Å². The molecular weight excluding hydrogens is 240 g/mol. The monoisotopic (exact) mass is 256 g/mol. The molecule has 1 aliphatic heterocycles. The van der Waals surface area contributed by atoms with E-state index in [9.17, 15) is 4.79 Å². The molecule has 1 atom stereocenters. The van der Waals surface area contributed by atoms with Crippen LogP contribution in [0.3, 0.4) is 0 Å². The third-order valence-corrected chi connectivity index (χ3v) is 2.69. The maximum Gasteiger partial charge on any atom is 0.276 e. The molecule has 18 heavy (non-hydrogen) atoms. The minimum atomic E-state index is -0.326. The van der Waals surface area contributed by atoms with Crippen molar-refractivity contribution in [2.75, 3.05) is 33.4 Å². The van der Waals surface area contributed by atoms with Crippen LogP contribution in [0.5, 0.6) is 0 Å². The highest BCUT2D eigenvalue weighted by atomic mass is 16.5. The number of hydrogen-bond donors (Lipinski definition) is 1. The molecule has 1 aromatic heterocycles. The fourth-order valence-electron chi connectivity index (χ4n) is 1.80. The van der Waals surface area contributed by atoms with Gasteiger partial charge < -0.3 is 24.0 Å². The maximum atomic E-state index is 12.1. The molecule has 0 aliphatic carbocycles. The molecule has 0 bridgehead atoms. The average Bonchev–Trinajstić information content (AvgIpc) is 2.87. The van der Waals surface area contributed by atoms with Gasteiger partial charge in [-0.05, 0) is 0 Å². The van der Waals surface area contributed by atoms with Crippen molar-refractivity contribution >= 4 is 5.91 Å². The quantitative estimate of drug-likeness (QED) is 0.793. The van der Waals surface area contributed by atoms with Crippen LogP contribution in [0.4, 0.5) is 0 Å². The number of methoxy groups -OCH3 is 1. The molecule has 1 aliphatic rings. The lowest BCUT2D eigenvalue weighted by Crippen LogP contribution is -2.47. The first-order valence-electron chi connectivity index (χ1n) is 5.71. The lowest BCUT2D eigenvalue weighted by molar-refractivity contribution is -0.0449. The van der Waals surface area contributed by atoms with E-state index in [0.717, 1.165) is 0 Å². The van der Waals surface area contributed by atoms with Crippen LogP contribution < -0.4 is 0 Å². The highest BCUT2D eigenvalue weighted by molar-refractivity contribution is 5.92. The topological polar surface area (TPSA) is 85.0 Å². The molecule has 1 N–H and O–H groups in total. The number of aliphatic hydroxyl groups excluding tert-OH is 1. The largest absolute Gasteiger partial charge is 0.394 e. The van der Waals surface area contributed by atoms with Crippen LogP contribution in [0, 0.1) is 0 Å². The summed E-state index contributed by atoms with van der Waals surface area (Å²) in [6, 6.07) is 1.56. The van der Waals surface area contributed by atoms with Gasteiger partial charge in [0.1, 0.15) is 6.61 Å². The van der Waals surface area contributed by atoms with Crippen LogP contribution in [-0.2, 0) is 16.1 Å². The Morgan fingerprint density at radius 1 is 1.72 bits per heavy atom. The SMILES string of the molecule is COCc1cc(C(=O)N2CCOC(CO)C2)no1. The Morgan fingerprint density at radius 2 is 2.56 bits per heavy atom. The number of carbonyl (C=O) groups is 1. The predicted molar refractivity (Wildman–Crippen MR) is 59.9 cm³/mol. The third-order valence-electron chi connectivity index (χ3n) is 2.69. The Kier molecular flexibility index (Phi) is 4.29. The Hall–Kier alpha value is -1.44. The Bertz CT molecular complexity index is 406. The molecule has 7 heteroatoms. The van der Waals surface area contributed by atoms with E-state index in [1.165, 1.54) is 7.11 Å². The molecule has 7 nitrogen and oxygen atoms in total. The first-order chi connectivity index (χ1) is 8.74. The normalized spacial score (nSPS) is 20.1. The molecule has 1 aromatic rings. The minimum absolute atomic E-state index is 0.0997. The number of aliphatic hydroxyl groups is 1. The van der Waals surface area contributed by atoms with E-state index in [-0.39, 0.29) is 30.9 Å². The van der Waals surface area contributed by atoms with Crippen molar-refractivity contribution in [1.29, 1.82) is 0 Å². The van der Waals surface area contributed by atoms with E-state index in [2.05, 4.69) is 5.16 Å². The van der Waals surface area contributed by atoms with Gasteiger partial charge in [-0.1, -0.05) is 5.16 Å². The van der Waals surface area contributed by atoms with Gasteiger partial charge in [-0.25, -0.2) is 0 Å². The summed E-state index contributed by atoms with van der Waals surface area (Å²) < 4.78 is 15.1. The Balaban J connectivity index is 2.00. The van der Waals surface area contributed by atoms with E-state index in [1.807, 2.05) is 0 Å². The van der Waals surface area contributed by atoms with Crippen molar-refractivity contribution in [3.8, 4) is 0 Å². The zero-order valence-corrected chi connectivity index (χ0v) is 10.2. The van der Waals surface area contributed by atoms with Gasteiger partial charge in [0.25, 0.3) is 5.91 Å². The average molecular weight is 256 g/mol. The van der Waals surface area contributed by atoms with Crippen LogP contribution in [0.25, 0.3) is 0 Å². The predicted octanol–water partition coefficient (Wildman–Crippen LogP) is -0.346. The van der Waals surface area contributed by atoms with Crippen LogP contribution in [-0.4, -0.2) is 60.6 Å². The standard InChI is InChI=1S/C11H16N2O5/c1-16-7-8-4-10(12-18-8)11(15)13-2-3-17-9(5-13)6-14/h4,9,14H,2-3,5-7H2,1H3. The van der Waals surface area contributed by atoms with E-state index >= 15 is 0 Å². The summed E-state index contributed by atoms with van der Waals surface area (Å²) in [5.74, 6) is 0.288. The summed E-state index contributed by atoms with van der Waals surface area (Å²) in [5, 5.41) is 12.7. The second-order valence-corrected chi connectivity index (χ2v) is 4.04. The lowest BCUT2D eigenvalue weighted by Gasteiger charge is -2.31. The number of hydrogen-bond acceptors (Lipinski definition) is 6. The number of carbonyl (C=O) groups excluding carboxylic acids is 1. The Morgan fingerprint density at radius 3 is 3.28 bits per heavy atom. The summed E-state index contributed by atoms with van der Waals surface area (Å²) in [5.41, 5.74) is 0.251. The van der Waals surface area contributed by atoms with E-state index in [1.54, 1.807) is 11.0 Å². The fourth-order valence-corrected chi connectivity index (χ4v) is 1.80. The van der Waals surface area contributed by atoms with Crippen molar-refractivity contribution in [1.82, 2.24) is 10.1 Å². The molecule has 1 saturated heterocycles. The van der Waals surface area contributed by atoms with E-state index in [0.29, 0.717) is 25.5 Å². The summed E-state index contributed by atoms with van der Waals surface area (Å²) in [7, 11) is 1.54. The molecule has 1 unspecified atom stereocenters. The van der Waals surface area contributed by atoms with Crippen LogP contribution >= 0.6 is 0 Å². The van der Waals surface area contributed by atoms with Gasteiger partial charge in [0.15, 0.2) is 11.5 Å². The smallest absolute Gasteiger partial charge is 0.276 e. The number of morpholine rings is 1. The highest BCUT2D eigenvalue weighted by Crippen LogP contribution is 2.11. The number of ether oxygens (including phenoxy) is 2. The fraction of sp³-hybridized carbons (Fsp3) is 0.636. The number of amides is 1. The zero-order chi connectivity index (χ0) is 13.0. The molecule has 0 spiro atoms. The molecule has 0 radical (unpaired) electrons. The van der Waals surface area contributed by atoms with Gasteiger partial charge in [0.2, 0.25) is 0 Å². The van der Waals surface area contributed by atoms with Gasteiger partial charge in [-0.2, -0.15) is 0 Å². The van der Waals surface area contributed by atoms with Crippen molar-refractivity contribution in [2.45, 2.75) is 12.7 Å². The number of rotatable bonds is 4. The highest BCUT2D eigenvalue weighted by Gasteiger charge is 2.26. The third kappa shape index (κ3) is 2.87. The van der Waals surface area contributed by atoms with Gasteiger partial charge in [-0.3, -0.25) is 4.79 Å². The second kappa shape index (κ2) is 5.94. The summed E-state index contributed by atoms with van der Waals surface area (Å²) in [6.07, 6.45) is -0.326. The van der Waals surface area contributed by atoms with Crippen LogP contribution in [0.15, 0.2) is 10.6 Å².